The van der Waals surface area contributed by atoms with Crippen molar-refractivity contribution in [2.24, 2.45) is 0 Å². The predicted octanol–water partition coefficient (Wildman–Crippen LogP) is 4.90. The summed E-state index contributed by atoms with van der Waals surface area (Å²) in [5.41, 5.74) is 2.21. The lowest BCUT2D eigenvalue weighted by atomic mass is 10.1. The summed E-state index contributed by atoms with van der Waals surface area (Å²) in [4.78, 5) is 0. The SMILES string of the molecule is CC(Cc1ccc(F)cc1)NCCc1ccc(Cl)cc1Cl. The summed E-state index contributed by atoms with van der Waals surface area (Å²) < 4.78 is 12.8. The second kappa shape index (κ2) is 7.79. The molecule has 0 saturated carbocycles. The van der Waals surface area contributed by atoms with Crippen LogP contribution in [0.1, 0.15) is 18.1 Å². The molecule has 112 valence electrons. The van der Waals surface area contributed by atoms with E-state index in [1.807, 2.05) is 24.3 Å². The fourth-order valence-electron chi connectivity index (χ4n) is 2.22. The van der Waals surface area contributed by atoms with Gasteiger partial charge in [-0.05, 0) is 61.7 Å². The Kier molecular flexibility index (Phi) is 6.04. The summed E-state index contributed by atoms with van der Waals surface area (Å²) >= 11 is 12.0. The molecule has 0 aromatic heterocycles. The molecule has 1 unspecified atom stereocenters. The van der Waals surface area contributed by atoms with Crippen LogP contribution in [-0.2, 0) is 12.8 Å². The molecule has 0 amide bonds. The van der Waals surface area contributed by atoms with Crippen molar-refractivity contribution in [2.75, 3.05) is 6.54 Å². The van der Waals surface area contributed by atoms with E-state index < -0.39 is 0 Å². The molecule has 0 bridgehead atoms. The Morgan fingerprint density at radius 3 is 2.48 bits per heavy atom. The molecule has 0 aliphatic rings. The summed E-state index contributed by atoms with van der Waals surface area (Å²) in [5.74, 6) is -0.197. The normalized spacial score (nSPS) is 12.4. The van der Waals surface area contributed by atoms with E-state index in [-0.39, 0.29) is 5.82 Å². The second-order valence-corrected chi connectivity index (χ2v) is 6.02. The first-order valence-corrected chi connectivity index (χ1v) is 7.72. The maximum Gasteiger partial charge on any atom is 0.123 e. The fourth-order valence-corrected chi connectivity index (χ4v) is 2.73. The first kappa shape index (κ1) is 16.3. The number of hydrogen-bond acceptors (Lipinski definition) is 1. The van der Waals surface area contributed by atoms with Gasteiger partial charge in [0.25, 0.3) is 0 Å². The molecule has 2 aromatic rings. The highest BCUT2D eigenvalue weighted by Gasteiger charge is 2.05. The van der Waals surface area contributed by atoms with Crippen LogP contribution in [0.15, 0.2) is 42.5 Å². The van der Waals surface area contributed by atoms with Crippen LogP contribution in [0, 0.1) is 5.82 Å². The summed E-state index contributed by atoms with van der Waals surface area (Å²) in [6.07, 6.45) is 1.72. The Balaban J connectivity index is 1.78. The largest absolute Gasteiger partial charge is 0.314 e. The van der Waals surface area contributed by atoms with Crippen molar-refractivity contribution in [1.29, 1.82) is 0 Å². The Morgan fingerprint density at radius 1 is 1.10 bits per heavy atom. The average molecular weight is 326 g/mol. The third kappa shape index (κ3) is 5.31. The number of halogens is 3. The maximum atomic E-state index is 12.8. The van der Waals surface area contributed by atoms with Gasteiger partial charge in [0.05, 0.1) is 0 Å². The zero-order valence-corrected chi connectivity index (χ0v) is 13.4. The minimum absolute atomic E-state index is 0.197. The van der Waals surface area contributed by atoms with Gasteiger partial charge in [-0.25, -0.2) is 4.39 Å². The molecule has 2 aromatic carbocycles. The third-order valence-electron chi connectivity index (χ3n) is 3.36. The molecule has 21 heavy (non-hydrogen) atoms. The molecular formula is C17H18Cl2FN. The van der Waals surface area contributed by atoms with Crippen LogP contribution in [-0.4, -0.2) is 12.6 Å². The predicted molar refractivity (Wildman–Crippen MR) is 87.7 cm³/mol. The van der Waals surface area contributed by atoms with E-state index in [0.29, 0.717) is 16.1 Å². The summed E-state index contributed by atoms with van der Waals surface area (Å²) in [6.45, 7) is 2.95. The van der Waals surface area contributed by atoms with Gasteiger partial charge >= 0.3 is 0 Å². The number of hydrogen-bond donors (Lipinski definition) is 1. The van der Waals surface area contributed by atoms with Crippen LogP contribution in [0.2, 0.25) is 10.0 Å². The molecule has 0 spiro atoms. The van der Waals surface area contributed by atoms with E-state index in [2.05, 4.69) is 12.2 Å². The minimum Gasteiger partial charge on any atom is -0.314 e. The van der Waals surface area contributed by atoms with E-state index >= 15 is 0 Å². The fraction of sp³-hybridized carbons (Fsp3) is 0.294. The van der Waals surface area contributed by atoms with Crippen molar-refractivity contribution in [2.45, 2.75) is 25.8 Å². The van der Waals surface area contributed by atoms with Crippen LogP contribution >= 0.6 is 23.2 Å². The second-order valence-electron chi connectivity index (χ2n) is 5.17. The molecule has 0 radical (unpaired) electrons. The van der Waals surface area contributed by atoms with E-state index in [1.54, 1.807) is 6.07 Å². The van der Waals surface area contributed by atoms with Gasteiger partial charge < -0.3 is 5.32 Å². The van der Waals surface area contributed by atoms with Gasteiger partial charge in [-0.2, -0.15) is 0 Å². The Morgan fingerprint density at radius 2 is 1.81 bits per heavy atom. The highest BCUT2D eigenvalue weighted by atomic mass is 35.5. The van der Waals surface area contributed by atoms with Crippen LogP contribution in [0.5, 0.6) is 0 Å². The van der Waals surface area contributed by atoms with Crippen LogP contribution in [0.3, 0.4) is 0 Å². The average Bonchev–Trinajstić information content (AvgIpc) is 2.44. The van der Waals surface area contributed by atoms with Crippen molar-refractivity contribution >= 4 is 23.2 Å². The quantitative estimate of drug-likeness (QED) is 0.796. The zero-order valence-electron chi connectivity index (χ0n) is 11.9. The molecule has 0 aliphatic carbocycles. The Labute approximate surface area is 135 Å². The molecule has 4 heteroatoms. The monoisotopic (exact) mass is 325 g/mol. The van der Waals surface area contributed by atoms with Crippen LogP contribution < -0.4 is 5.32 Å². The van der Waals surface area contributed by atoms with Crippen molar-refractivity contribution < 1.29 is 4.39 Å². The van der Waals surface area contributed by atoms with E-state index in [1.165, 1.54) is 12.1 Å². The molecule has 0 saturated heterocycles. The summed E-state index contributed by atoms with van der Waals surface area (Å²) in [6, 6.07) is 12.5. The van der Waals surface area contributed by atoms with Gasteiger partial charge in [0, 0.05) is 16.1 Å². The van der Waals surface area contributed by atoms with Gasteiger partial charge in [-0.15, -0.1) is 0 Å². The summed E-state index contributed by atoms with van der Waals surface area (Å²) in [7, 11) is 0. The Bertz CT molecular complexity index is 584. The van der Waals surface area contributed by atoms with Gasteiger partial charge in [0.2, 0.25) is 0 Å². The van der Waals surface area contributed by atoms with Crippen molar-refractivity contribution in [1.82, 2.24) is 5.32 Å². The lowest BCUT2D eigenvalue weighted by Crippen LogP contribution is -2.30. The van der Waals surface area contributed by atoms with E-state index in [4.69, 9.17) is 23.2 Å². The number of nitrogens with one attached hydrogen (secondary N) is 1. The lowest BCUT2D eigenvalue weighted by molar-refractivity contribution is 0.547. The lowest BCUT2D eigenvalue weighted by Gasteiger charge is -2.14. The zero-order chi connectivity index (χ0) is 15.2. The topological polar surface area (TPSA) is 12.0 Å². The van der Waals surface area contributed by atoms with E-state index in [0.717, 1.165) is 30.5 Å². The van der Waals surface area contributed by atoms with Crippen molar-refractivity contribution in [3.05, 3.63) is 69.5 Å². The van der Waals surface area contributed by atoms with E-state index in [9.17, 15) is 4.39 Å². The van der Waals surface area contributed by atoms with Crippen molar-refractivity contribution in [3.8, 4) is 0 Å². The molecular weight excluding hydrogens is 308 g/mol. The van der Waals surface area contributed by atoms with Gasteiger partial charge in [0.15, 0.2) is 0 Å². The third-order valence-corrected chi connectivity index (χ3v) is 3.94. The van der Waals surface area contributed by atoms with Gasteiger partial charge in [-0.3, -0.25) is 0 Å². The highest BCUT2D eigenvalue weighted by molar-refractivity contribution is 6.35. The number of benzene rings is 2. The minimum atomic E-state index is -0.197. The first-order valence-electron chi connectivity index (χ1n) is 6.96. The first-order chi connectivity index (χ1) is 10.0. The maximum absolute atomic E-state index is 12.8. The number of rotatable bonds is 6. The molecule has 0 heterocycles. The molecule has 1 nitrogen and oxygen atoms in total. The molecule has 1 N–H and O–H groups in total. The van der Waals surface area contributed by atoms with Gasteiger partial charge in [-0.1, -0.05) is 41.4 Å². The van der Waals surface area contributed by atoms with Crippen LogP contribution in [0.25, 0.3) is 0 Å². The van der Waals surface area contributed by atoms with Crippen molar-refractivity contribution in [3.63, 3.8) is 0 Å². The standard InChI is InChI=1S/C17H18Cl2FN/c1-12(10-13-2-6-16(20)7-3-13)21-9-8-14-4-5-15(18)11-17(14)19/h2-7,11-12,21H,8-10H2,1H3. The summed E-state index contributed by atoms with van der Waals surface area (Å²) in [5, 5.41) is 4.81. The smallest absolute Gasteiger partial charge is 0.123 e. The Hall–Kier alpha value is -1.09. The van der Waals surface area contributed by atoms with Gasteiger partial charge in [0.1, 0.15) is 5.82 Å². The molecule has 0 aliphatic heterocycles. The molecule has 1 atom stereocenters. The molecule has 0 fully saturated rings. The van der Waals surface area contributed by atoms with Crippen LogP contribution in [0.4, 0.5) is 4.39 Å². The molecule has 2 rings (SSSR count). The highest BCUT2D eigenvalue weighted by Crippen LogP contribution is 2.21.